The average molecular weight is 188 g/mol. The Morgan fingerprint density at radius 3 is 2.54 bits per heavy atom. The van der Waals surface area contributed by atoms with Crippen LogP contribution in [-0.2, 0) is 9.47 Å². The molecule has 0 bridgehead atoms. The molecule has 3 heteroatoms. The lowest BCUT2D eigenvalue weighted by Crippen LogP contribution is -2.54. The van der Waals surface area contributed by atoms with Crippen molar-refractivity contribution in [1.82, 2.24) is 0 Å². The molecule has 1 N–H and O–H groups in total. The van der Waals surface area contributed by atoms with Crippen molar-refractivity contribution in [3.05, 3.63) is 0 Å². The van der Waals surface area contributed by atoms with E-state index in [1.165, 1.54) is 0 Å². The van der Waals surface area contributed by atoms with Crippen LogP contribution in [-0.4, -0.2) is 37.1 Å². The van der Waals surface area contributed by atoms with E-state index in [1.807, 2.05) is 20.8 Å². The van der Waals surface area contributed by atoms with Crippen molar-refractivity contribution in [2.45, 2.75) is 39.4 Å². The van der Waals surface area contributed by atoms with Crippen molar-refractivity contribution in [3.8, 4) is 0 Å². The molecule has 78 valence electrons. The molecule has 1 aliphatic rings. The van der Waals surface area contributed by atoms with Crippen LogP contribution in [0.2, 0.25) is 0 Å². The molecule has 0 aromatic rings. The van der Waals surface area contributed by atoms with Gasteiger partial charge in [0, 0.05) is 18.4 Å². The van der Waals surface area contributed by atoms with Gasteiger partial charge in [0.1, 0.15) is 0 Å². The maximum Gasteiger partial charge on any atom is 0.0704 e. The predicted molar refractivity (Wildman–Crippen MR) is 50.6 cm³/mol. The second kappa shape index (κ2) is 4.40. The van der Waals surface area contributed by atoms with Gasteiger partial charge in [-0.25, -0.2) is 0 Å². The van der Waals surface area contributed by atoms with E-state index in [0.717, 1.165) is 13.0 Å². The van der Waals surface area contributed by atoms with Crippen molar-refractivity contribution in [3.63, 3.8) is 0 Å². The summed E-state index contributed by atoms with van der Waals surface area (Å²) < 4.78 is 10.7. The van der Waals surface area contributed by atoms with Gasteiger partial charge in [0.2, 0.25) is 0 Å². The van der Waals surface area contributed by atoms with Crippen LogP contribution in [0.1, 0.15) is 27.2 Å². The van der Waals surface area contributed by atoms with Gasteiger partial charge in [0.15, 0.2) is 0 Å². The van der Waals surface area contributed by atoms with Crippen LogP contribution < -0.4 is 0 Å². The molecule has 0 aromatic carbocycles. The molecule has 1 fully saturated rings. The maximum absolute atomic E-state index is 9.44. The van der Waals surface area contributed by atoms with E-state index in [0.29, 0.717) is 13.2 Å². The Balaban J connectivity index is 2.10. The summed E-state index contributed by atoms with van der Waals surface area (Å²) in [6, 6.07) is 0. The van der Waals surface area contributed by atoms with Crippen molar-refractivity contribution >= 4 is 0 Å². The first-order valence-corrected chi connectivity index (χ1v) is 4.96. The number of hydrogen-bond acceptors (Lipinski definition) is 3. The zero-order chi connectivity index (χ0) is 9.90. The molecule has 0 aliphatic heterocycles. The van der Waals surface area contributed by atoms with Gasteiger partial charge in [-0.3, -0.25) is 0 Å². The van der Waals surface area contributed by atoms with Crippen LogP contribution in [0.4, 0.5) is 0 Å². The number of hydrogen-bond donors (Lipinski definition) is 1. The van der Waals surface area contributed by atoms with Crippen LogP contribution in [0.3, 0.4) is 0 Å². The summed E-state index contributed by atoms with van der Waals surface area (Å²) in [5.74, 6) is 0. The SMILES string of the molecule is CCOCCOC1CC(O)C1(C)C. The molecule has 1 aliphatic carbocycles. The Bertz CT molecular complexity index is 156. The molecular weight excluding hydrogens is 168 g/mol. The number of ether oxygens (including phenoxy) is 2. The summed E-state index contributed by atoms with van der Waals surface area (Å²) >= 11 is 0. The summed E-state index contributed by atoms with van der Waals surface area (Å²) in [5, 5.41) is 9.44. The lowest BCUT2D eigenvalue weighted by Gasteiger charge is -2.48. The minimum absolute atomic E-state index is 0.0772. The van der Waals surface area contributed by atoms with E-state index < -0.39 is 0 Å². The molecule has 3 nitrogen and oxygen atoms in total. The molecule has 0 heterocycles. The van der Waals surface area contributed by atoms with Crippen molar-refractivity contribution in [2.75, 3.05) is 19.8 Å². The van der Waals surface area contributed by atoms with E-state index in [2.05, 4.69) is 0 Å². The fourth-order valence-corrected chi connectivity index (χ4v) is 1.54. The first-order chi connectivity index (χ1) is 6.09. The molecule has 2 unspecified atom stereocenters. The highest BCUT2D eigenvalue weighted by Gasteiger charge is 2.47. The molecule has 0 saturated heterocycles. The summed E-state index contributed by atoms with van der Waals surface area (Å²) in [6.45, 7) is 8.06. The topological polar surface area (TPSA) is 38.7 Å². The highest BCUT2D eigenvalue weighted by molar-refractivity contribution is 4.98. The molecule has 13 heavy (non-hydrogen) atoms. The number of aliphatic hydroxyl groups is 1. The van der Waals surface area contributed by atoms with E-state index in [4.69, 9.17) is 9.47 Å². The Labute approximate surface area is 80.0 Å². The molecule has 2 atom stereocenters. The van der Waals surface area contributed by atoms with Gasteiger partial charge < -0.3 is 14.6 Å². The normalized spacial score (nSPS) is 31.4. The predicted octanol–water partition coefficient (Wildman–Crippen LogP) is 1.20. The lowest BCUT2D eigenvalue weighted by molar-refractivity contribution is -0.179. The van der Waals surface area contributed by atoms with Gasteiger partial charge >= 0.3 is 0 Å². The molecule has 1 rings (SSSR count). The lowest BCUT2D eigenvalue weighted by atomic mass is 9.66. The first-order valence-electron chi connectivity index (χ1n) is 4.96. The van der Waals surface area contributed by atoms with Crippen molar-refractivity contribution < 1.29 is 14.6 Å². The Kier molecular flexibility index (Phi) is 3.71. The molecular formula is C10H20O3. The standard InChI is InChI=1S/C10H20O3/c1-4-12-5-6-13-9-7-8(11)10(9,2)3/h8-9,11H,4-7H2,1-3H3. The zero-order valence-electron chi connectivity index (χ0n) is 8.75. The Hall–Kier alpha value is -0.120. The second-order valence-corrected chi connectivity index (χ2v) is 4.13. The molecule has 0 amide bonds. The Morgan fingerprint density at radius 1 is 1.38 bits per heavy atom. The molecule has 0 aromatic heterocycles. The van der Waals surface area contributed by atoms with Crippen LogP contribution in [0, 0.1) is 5.41 Å². The van der Waals surface area contributed by atoms with Crippen LogP contribution in [0.15, 0.2) is 0 Å². The van der Waals surface area contributed by atoms with Gasteiger partial charge in [-0.1, -0.05) is 13.8 Å². The highest BCUT2D eigenvalue weighted by Crippen LogP contribution is 2.42. The van der Waals surface area contributed by atoms with E-state index >= 15 is 0 Å². The quantitative estimate of drug-likeness (QED) is 0.659. The van der Waals surface area contributed by atoms with Gasteiger partial charge in [-0.05, 0) is 6.92 Å². The van der Waals surface area contributed by atoms with Crippen molar-refractivity contribution in [1.29, 1.82) is 0 Å². The van der Waals surface area contributed by atoms with Gasteiger partial charge in [0.25, 0.3) is 0 Å². The third-order valence-corrected chi connectivity index (χ3v) is 2.88. The van der Waals surface area contributed by atoms with Crippen LogP contribution >= 0.6 is 0 Å². The largest absolute Gasteiger partial charge is 0.392 e. The summed E-state index contributed by atoms with van der Waals surface area (Å²) in [7, 11) is 0. The van der Waals surface area contributed by atoms with Gasteiger partial charge in [-0.15, -0.1) is 0 Å². The van der Waals surface area contributed by atoms with Crippen LogP contribution in [0.5, 0.6) is 0 Å². The smallest absolute Gasteiger partial charge is 0.0704 e. The van der Waals surface area contributed by atoms with E-state index in [-0.39, 0.29) is 17.6 Å². The molecule has 0 spiro atoms. The fourth-order valence-electron chi connectivity index (χ4n) is 1.54. The summed E-state index contributed by atoms with van der Waals surface area (Å²) in [5.41, 5.74) is -0.0772. The third-order valence-electron chi connectivity index (χ3n) is 2.88. The van der Waals surface area contributed by atoms with E-state index in [1.54, 1.807) is 0 Å². The average Bonchev–Trinajstić information content (AvgIpc) is 2.10. The monoisotopic (exact) mass is 188 g/mol. The molecule has 0 radical (unpaired) electrons. The minimum Gasteiger partial charge on any atom is -0.392 e. The maximum atomic E-state index is 9.44. The minimum atomic E-state index is -0.204. The van der Waals surface area contributed by atoms with E-state index in [9.17, 15) is 5.11 Å². The Morgan fingerprint density at radius 2 is 2.08 bits per heavy atom. The zero-order valence-corrected chi connectivity index (χ0v) is 8.75. The van der Waals surface area contributed by atoms with Gasteiger partial charge in [0.05, 0.1) is 25.4 Å². The fraction of sp³-hybridized carbons (Fsp3) is 1.00. The third kappa shape index (κ3) is 2.42. The second-order valence-electron chi connectivity index (χ2n) is 4.13. The molecule has 1 saturated carbocycles. The van der Waals surface area contributed by atoms with Crippen molar-refractivity contribution in [2.24, 2.45) is 5.41 Å². The summed E-state index contributed by atoms with van der Waals surface area (Å²) in [6.07, 6.45) is 0.756. The van der Waals surface area contributed by atoms with Gasteiger partial charge in [-0.2, -0.15) is 0 Å². The highest BCUT2D eigenvalue weighted by atomic mass is 16.5. The first kappa shape index (κ1) is 11.0. The number of rotatable bonds is 5. The number of aliphatic hydroxyl groups excluding tert-OH is 1. The van der Waals surface area contributed by atoms with Crippen LogP contribution in [0.25, 0.3) is 0 Å². The summed E-state index contributed by atoms with van der Waals surface area (Å²) in [4.78, 5) is 0.